The quantitative estimate of drug-likeness (QED) is 0.747. The number of ether oxygens (including phenoxy) is 1. The Morgan fingerprint density at radius 2 is 2.07 bits per heavy atom. The first-order valence-electron chi connectivity index (χ1n) is 8.75. The first-order chi connectivity index (χ1) is 13.1. The molecule has 2 N–H and O–H groups in total. The van der Waals surface area contributed by atoms with Crippen LogP contribution in [0.15, 0.2) is 36.7 Å². The predicted molar refractivity (Wildman–Crippen MR) is 99.2 cm³/mol. The van der Waals surface area contributed by atoms with Crippen LogP contribution in [0.4, 0.5) is 10.6 Å². The molecule has 4 rings (SSSR count). The minimum atomic E-state index is -0.356. The Morgan fingerprint density at radius 3 is 2.89 bits per heavy atom. The Kier molecular flexibility index (Phi) is 4.23. The number of aromatic nitrogens is 3. The van der Waals surface area contributed by atoms with E-state index in [4.69, 9.17) is 10.5 Å². The second kappa shape index (κ2) is 6.71. The van der Waals surface area contributed by atoms with Crippen LogP contribution in [0.1, 0.15) is 28.4 Å². The van der Waals surface area contributed by atoms with Gasteiger partial charge in [-0.3, -0.25) is 9.78 Å². The summed E-state index contributed by atoms with van der Waals surface area (Å²) in [6.07, 6.45) is 3.43. The lowest BCUT2D eigenvalue weighted by Gasteiger charge is -2.28. The van der Waals surface area contributed by atoms with Crippen molar-refractivity contribution in [3.8, 4) is 0 Å². The maximum atomic E-state index is 13.2. The van der Waals surface area contributed by atoms with E-state index >= 15 is 0 Å². The molecule has 0 radical (unpaired) electrons. The zero-order valence-electron chi connectivity index (χ0n) is 14.9. The smallest absolute Gasteiger partial charge is 0.410 e. The van der Waals surface area contributed by atoms with Gasteiger partial charge < -0.3 is 15.4 Å². The Bertz CT molecular complexity index is 1040. The maximum absolute atomic E-state index is 13.2. The summed E-state index contributed by atoms with van der Waals surface area (Å²) in [6, 6.07) is 7.33. The SMILES string of the molecule is CCOC(=O)N1CCc2c(cncc2C(=O)n2nc(N)c3ccccc32)C1. The standard InChI is InChI=1S/C19H19N5O3/c1-2-27-19(26)23-8-7-13-12(11-23)9-21-10-15(13)18(25)24-16-6-4-3-5-14(16)17(20)22-24/h3-6,9-10H,2,7-8,11H2,1H3,(H2,20,22). The number of rotatable bonds is 2. The molecule has 2 aromatic heterocycles. The van der Waals surface area contributed by atoms with E-state index in [1.54, 1.807) is 24.2 Å². The molecule has 3 aromatic rings. The van der Waals surface area contributed by atoms with Crippen molar-refractivity contribution in [2.75, 3.05) is 18.9 Å². The summed E-state index contributed by atoms with van der Waals surface area (Å²) in [5, 5.41) is 4.95. The summed E-state index contributed by atoms with van der Waals surface area (Å²) < 4.78 is 6.39. The van der Waals surface area contributed by atoms with Crippen LogP contribution in [0.5, 0.6) is 0 Å². The second-order valence-corrected chi connectivity index (χ2v) is 6.31. The molecule has 0 bridgehead atoms. The van der Waals surface area contributed by atoms with Gasteiger partial charge in [-0.25, -0.2) is 4.79 Å². The highest BCUT2D eigenvalue weighted by Crippen LogP contribution is 2.25. The predicted octanol–water partition coefficient (Wildman–Crippen LogP) is 2.22. The van der Waals surface area contributed by atoms with Crippen molar-refractivity contribution < 1.29 is 14.3 Å². The second-order valence-electron chi connectivity index (χ2n) is 6.31. The molecule has 1 amide bonds. The van der Waals surface area contributed by atoms with Crippen LogP contribution in [0, 0.1) is 0 Å². The number of para-hydroxylation sites is 1. The number of fused-ring (bicyclic) bond motifs is 2. The van der Waals surface area contributed by atoms with Gasteiger partial charge in [-0.1, -0.05) is 12.1 Å². The number of nitrogen functional groups attached to an aromatic ring is 1. The first-order valence-corrected chi connectivity index (χ1v) is 8.75. The van der Waals surface area contributed by atoms with Crippen LogP contribution >= 0.6 is 0 Å². The van der Waals surface area contributed by atoms with Gasteiger partial charge in [-0.2, -0.15) is 4.68 Å². The van der Waals surface area contributed by atoms with E-state index in [1.807, 2.05) is 24.3 Å². The fourth-order valence-electron chi connectivity index (χ4n) is 3.41. The molecule has 0 fully saturated rings. The number of pyridine rings is 1. The lowest BCUT2D eigenvalue weighted by Crippen LogP contribution is -2.37. The van der Waals surface area contributed by atoms with Gasteiger partial charge >= 0.3 is 6.09 Å². The molecule has 0 saturated heterocycles. The summed E-state index contributed by atoms with van der Waals surface area (Å²) in [7, 11) is 0. The number of nitrogens with two attached hydrogens (primary N) is 1. The van der Waals surface area contributed by atoms with Crippen molar-refractivity contribution in [3.63, 3.8) is 0 Å². The Labute approximate surface area is 155 Å². The van der Waals surface area contributed by atoms with Crippen LogP contribution in [-0.4, -0.2) is 44.8 Å². The average Bonchev–Trinajstić information content (AvgIpc) is 3.04. The number of hydrogen-bond donors (Lipinski definition) is 1. The van der Waals surface area contributed by atoms with Gasteiger partial charge in [0.15, 0.2) is 5.82 Å². The number of nitrogens with zero attached hydrogens (tertiary/aromatic N) is 4. The van der Waals surface area contributed by atoms with Gasteiger partial charge in [0.2, 0.25) is 0 Å². The number of carbonyl (C=O) groups excluding carboxylic acids is 2. The molecular weight excluding hydrogens is 346 g/mol. The van der Waals surface area contributed by atoms with Crippen molar-refractivity contribution in [2.45, 2.75) is 19.9 Å². The van der Waals surface area contributed by atoms with Gasteiger partial charge in [0, 0.05) is 24.3 Å². The fourth-order valence-corrected chi connectivity index (χ4v) is 3.41. The Morgan fingerprint density at radius 1 is 1.26 bits per heavy atom. The Balaban J connectivity index is 1.71. The summed E-state index contributed by atoms with van der Waals surface area (Å²) >= 11 is 0. The minimum absolute atomic E-state index is 0.281. The summed E-state index contributed by atoms with van der Waals surface area (Å²) in [5.74, 6) is 0.0297. The molecule has 0 saturated carbocycles. The lowest BCUT2D eigenvalue weighted by molar-refractivity contribution is 0.0947. The van der Waals surface area contributed by atoms with Crippen molar-refractivity contribution >= 4 is 28.7 Å². The Hall–Kier alpha value is -3.42. The number of anilines is 1. The third-order valence-electron chi connectivity index (χ3n) is 4.70. The van der Waals surface area contributed by atoms with E-state index in [0.717, 1.165) is 16.5 Å². The zero-order valence-corrected chi connectivity index (χ0v) is 14.9. The van der Waals surface area contributed by atoms with Crippen molar-refractivity contribution in [3.05, 3.63) is 53.3 Å². The van der Waals surface area contributed by atoms with E-state index < -0.39 is 0 Å². The molecule has 0 atom stereocenters. The topological polar surface area (TPSA) is 103 Å². The normalized spacial score (nSPS) is 13.4. The number of hydrogen-bond acceptors (Lipinski definition) is 6. The van der Waals surface area contributed by atoms with Gasteiger partial charge in [0.05, 0.1) is 24.2 Å². The van der Waals surface area contributed by atoms with E-state index in [9.17, 15) is 9.59 Å². The highest BCUT2D eigenvalue weighted by atomic mass is 16.6. The summed E-state index contributed by atoms with van der Waals surface area (Å²) in [5.41, 5.74) is 8.80. The molecular formula is C19H19N5O3. The van der Waals surface area contributed by atoms with E-state index in [2.05, 4.69) is 10.1 Å². The zero-order chi connectivity index (χ0) is 19.0. The maximum Gasteiger partial charge on any atom is 0.410 e. The van der Waals surface area contributed by atoms with Crippen LogP contribution < -0.4 is 5.73 Å². The third kappa shape index (κ3) is 2.88. The molecule has 8 nitrogen and oxygen atoms in total. The fraction of sp³-hybridized carbons (Fsp3) is 0.263. The van der Waals surface area contributed by atoms with Gasteiger partial charge in [-0.05, 0) is 36.6 Å². The van der Waals surface area contributed by atoms with Crippen molar-refractivity contribution in [2.24, 2.45) is 0 Å². The van der Waals surface area contributed by atoms with E-state index in [-0.39, 0.29) is 12.0 Å². The molecule has 3 heterocycles. The van der Waals surface area contributed by atoms with Crippen LogP contribution in [0.2, 0.25) is 0 Å². The monoisotopic (exact) mass is 365 g/mol. The average molecular weight is 365 g/mol. The van der Waals surface area contributed by atoms with Gasteiger partial charge in [-0.15, -0.1) is 5.10 Å². The molecule has 1 aliphatic rings. The molecule has 8 heteroatoms. The molecule has 1 aliphatic heterocycles. The van der Waals surface area contributed by atoms with Crippen molar-refractivity contribution in [1.82, 2.24) is 19.7 Å². The van der Waals surface area contributed by atoms with Gasteiger partial charge in [0.25, 0.3) is 5.91 Å². The van der Waals surface area contributed by atoms with Gasteiger partial charge in [0.1, 0.15) is 0 Å². The minimum Gasteiger partial charge on any atom is -0.450 e. The lowest BCUT2D eigenvalue weighted by atomic mass is 9.97. The van der Waals surface area contributed by atoms with Crippen LogP contribution in [0.25, 0.3) is 10.9 Å². The largest absolute Gasteiger partial charge is 0.450 e. The third-order valence-corrected chi connectivity index (χ3v) is 4.70. The molecule has 1 aromatic carbocycles. The number of amides is 1. The highest BCUT2D eigenvalue weighted by molar-refractivity contribution is 6.04. The number of benzene rings is 1. The molecule has 27 heavy (non-hydrogen) atoms. The molecule has 0 spiro atoms. The van der Waals surface area contributed by atoms with E-state index in [0.29, 0.717) is 43.0 Å². The summed E-state index contributed by atoms with van der Waals surface area (Å²) in [4.78, 5) is 31.0. The highest BCUT2D eigenvalue weighted by Gasteiger charge is 2.27. The van der Waals surface area contributed by atoms with E-state index in [1.165, 1.54) is 4.68 Å². The molecule has 138 valence electrons. The molecule has 0 unspecified atom stereocenters. The van der Waals surface area contributed by atoms with Crippen LogP contribution in [-0.2, 0) is 17.7 Å². The summed E-state index contributed by atoms with van der Waals surface area (Å²) in [6.45, 7) is 2.95. The first kappa shape index (κ1) is 17.0. The number of carbonyl (C=O) groups is 2. The van der Waals surface area contributed by atoms with Crippen LogP contribution in [0.3, 0.4) is 0 Å². The van der Waals surface area contributed by atoms with Crippen molar-refractivity contribution in [1.29, 1.82) is 0 Å². The molecule has 0 aliphatic carbocycles.